The van der Waals surface area contributed by atoms with Crippen LogP contribution in [-0.4, -0.2) is 32.2 Å². The van der Waals surface area contributed by atoms with Crippen molar-refractivity contribution in [2.24, 2.45) is 11.7 Å². The van der Waals surface area contributed by atoms with Crippen LogP contribution >= 0.6 is 0 Å². The Morgan fingerprint density at radius 3 is 2.56 bits per heavy atom. The monoisotopic (exact) mass is 256 g/mol. The van der Waals surface area contributed by atoms with E-state index in [1.165, 1.54) is 38.5 Å². The zero-order valence-corrected chi connectivity index (χ0v) is 11.6. The lowest BCUT2D eigenvalue weighted by atomic mass is 9.96. The standard InChI is InChI=1S/C14H28N2O2/c1-18-9-8-13(11-15)16-14(17)10-12-6-4-2-3-5-7-12/h12-13H,2-11,15H2,1H3,(H,16,17). The molecule has 1 aliphatic rings. The first-order chi connectivity index (χ1) is 8.76. The lowest BCUT2D eigenvalue weighted by Gasteiger charge is -2.19. The first kappa shape index (κ1) is 15.4. The summed E-state index contributed by atoms with van der Waals surface area (Å²) in [4.78, 5) is 11.9. The number of methoxy groups -OCH3 is 1. The van der Waals surface area contributed by atoms with E-state index in [-0.39, 0.29) is 11.9 Å². The molecule has 3 N–H and O–H groups in total. The van der Waals surface area contributed by atoms with E-state index < -0.39 is 0 Å². The first-order valence-corrected chi connectivity index (χ1v) is 7.24. The molecule has 0 aromatic heterocycles. The van der Waals surface area contributed by atoms with Crippen molar-refractivity contribution in [1.29, 1.82) is 0 Å². The number of hydrogen-bond acceptors (Lipinski definition) is 3. The molecule has 1 amide bonds. The van der Waals surface area contributed by atoms with Gasteiger partial charge in [0.1, 0.15) is 0 Å². The third-order valence-corrected chi connectivity index (χ3v) is 3.77. The second-order valence-corrected chi connectivity index (χ2v) is 5.34. The molecule has 0 heterocycles. The summed E-state index contributed by atoms with van der Waals surface area (Å²) < 4.78 is 5.02. The van der Waals surface area contributed by atoms with E-state index in [0.717, 1.165) is 6.42 Å². The van der Waals surface area contributed by atoms with Crippen molar-refractivity contribution in [3.8, 4) is 0 Å². The molecule has 1 saturated carbocycles. The van der Waals surface area contributed by atoms with Crippen LogP contribution in [0, 0.1) is 5.92 Å². The summed E-state index contributed by atoms with van der Waals surface area (Å²) >= 11 is 0. The normalized spacial score (nSPS) is 19.2. The zero-order valence-electron chi connectivity index (χ0n) is 11.6. The van der Waals surface area contributed by atoms with Gasteiger partial charge in [0.15, 0.2) is 0 Å². The van der Waals surface area contributed by atoms with Crippen LogP contribution in [0.15, 0.2) is 0 Å². The number of nitrogens with one attached hydrogen (secondary N) is 1. The van der Waals surface area contributed by atoms with E-state index in [2.05, 4.69) is 5.32 Å². The highest BCUT2D eigenvalue weighted by molar-refractivity contribution is 5.76. The van der Waals surface area contributed by atoms with Crippen LogP contribution in [0.1, 0.15) is 51.4 Å². The summed E-state index contributed by atoms with van der Waals surface area (Å²) in [6.07, 6.45) is 9.10. The molecule has 0 saturated heterocycles. The molecule has 1 rings (SSSR count). The van der Waals surface area contributed by atoms with Crippen LogP contribution < -0.4 is 11.1 Å². The highest BCUT2D eigenvalue weighted by Gasteiger charge is 2.17. The number of ether oxygens (including phenoxy) is 1. The largest absolute Gasteiger partial charge is 0.385 e. The van der Waals surface area contributed by atoms with Crippen molar-refractivity contribution in [1.82, 2.24) is 5.32 Å². The van der Waals surface area contributed by atoms with Gasteiger partial charge in [-0.1, -0.05) is 25.7 Å². The van der Waals surface area contributed by atoms with Gasteiger partial charge in [0, 0.05) is 32.7 Å². The van der Waals surface area contributed by atoms with Gasteiger partial charge in [-0.25, -0.2) is 0 Å². The molecule has 1 atom stereocenters. The molecule has 0 aromatic rings. The van der Waals surface area contributed by atoms with Gasteiger partial charge in [0.2, 0.25) is 5.91 Å². The Balaban J connectivity index is 2.25. The lowest BCUT2D eigenvalue weighted by Crippen LogP contribution is -2.41. The lowest BCUT2D eigenvalue weighted by molar-refractivity contribution is -0.122. The fourth-order valence-corrected chi connectivity index (χ4v) is 2.63. The predicted molar refractivity (Wildman–Crippen MR) is 73.3 cm³/mol. The van der Waals surface area contributed by atoms with E-state index in [9.17, 15) is 4.79 Å². The summed E-state index contributed by atoms with van der Waals surface area (Å²) in [5.74, 6) is 0.738. The van der Waals surface area contributed by atoms with Gasteiger partial charge >= 0.3 is 0 Å². The summed E-state index contributed by atoms with van der Waals surface area (Å²) in [5, 5.41) is 3.03. The van der Waals surface area contributed by atoms with Crippen molar-refractivity contribution in [2.75, 3.05) is 20.3 Å². The molecule has 1 aliphatic carbocycles. The summed E-state index contributed by atoms with van der Waals surface area (Å²) in [6, 6.07) is 0.0585. The van der Waals surface area contributed by atoms with Gasteiger partial charge in [0.05, 0.1) is 0 Å². The second kappa shape index (κ2) is 9.34. The molecular weight excluding hydrogens is 228 g/mol. The maximum atomic E-state index is 11.9. The van der Waals surface area contributed by atoms with Crippen LogP contribution in [0.3, 0.4) is 0 Å². The molecule has 0 bridgehead atoms. The topological polar surface area (TPSA) is 64.3 Å². The summed E-state index contributed by atoms with van der Waals surface area (Å²) in [6.45, 7) is 1.13. The van der Waals surface area contributed by atoms with Gasteiger partial charge in [0.25, 0.3) is 0 Å². The van der Waals surface area contributed by atoms with Gasteiger partial charge < -0.3 is 15.8 Å². The Bertz CT molecular complexity index is 226. The number of nitrogens with two attached hydrogens (primary N) is 1. The Kier molecular flexibility index (Phi) is 8.01. The molecular formula is C14H28N2O2. The minimum Gasteiger partial charge on any atom is -0.385 e. The predicted octanol–water partition coefficient (Wildman–Crippen LogP) is 1.83. The fourth-order valence-electron chi connectivity index (χ4n) is 2.63. The molecule has 18 heavy (non-hydrogen) atoms. The maximum Gasteiger partial charge on any atom is 0.220 e. The second-order valence-electron chi connectivity index (χ2n) is 5.34. The SMILES string of the molecule is COCCC(CN)NC(=O)CC1CCCCCC1. The number of amides is 1. The molecule has 0 radical (unpaired) electrons. The highest BCUT2D eigenvalue weighted by Crippen LogP contribution is 2.25. The number of carbonyl (C=O) groups excluding carboxylic acids is 1. The molecule has 1 fully saturated rings. The van der Waals surface area contributed by atoms with E-state index >= 15 is 0 Å². The Morgan fingerprint density at radius 1 is 1.33 bits per heavy atom. The number of carbonyl (C=O) groups is 1. The highest BCUT2D eigenvalue weighted by atomic mass is 16.5. The van der Waals surface area contributed by atoms with Crippen molar-refractivity contribution in [3.63, 3.8) is 0 Å². The zero-order chi connectivity index (χ0) is 13.2. The van der Waals surface area contributed by atoms with Gasteiger partial charge in [-0.05, 0) is 25.2 Å². The summed E-state index contributed by atoms with van der Waals surface area (Å²) in [7, 11) is 1.67. The van der Waals surface area contributed by atoms with Gasteiger partial charge in [-0.15, -0.1) is 0 Å². The van der Waals surface area contributed by atoms with Crippen molar-refractivity contribution < 1.29 is 9.53 Å². The average molecular weight is 256 g/mol. The van der Waals surface area contributed by atoms with E-state index in [0.29, 0.717) is 25.5 Å². The van der Waals surface area contributed by atoms with E-state index in [1.54, 1.807) is 7.11 Å². The molecule has 0 spiro atoms. The van der Waals surface area contributed by atoms with Gasteiger partial charge in [-0.3, -0.25) is 4.79 Å². The number of hydrogen-bond donors (Lipinski definition) is 2. The minimum atomic E-state index is 0.0585. The Labute approximate surface area is 111 Å². The molecule has 1 unspecified atom stereocenters. The quantitative estimate of drug-likeness (QED) is 0.683. The Hall–Kier alpha value is -0.610. The molecule has 4 heteroatoms. The third kappa shape index (κ3) is 6.36. The van der Waals surface area contributed by atoms with Crippen LogP contribution in [0.5, 0.6) is 0 Å². The van der Waals surface area contributed by atoms with Crippen molar-refractivity contribution in [3.05, 3.63) is 0 Å². The maximum absolute atomic E-state index is 11.9. The molecule has 106 valence electrons. The minimum absolute atomic E-state index is 0.0585. The smallest absolute Gasteiger partial charge is 0.220 e. The fraction of sp³-hybridized carbons (Fsp3) is 0.929. The van der Waals surface area contributed by atoms with Crippen molar-refractivity contribution in [2.45, 2.75) is 57.4 Å². The van der Waals surface area contributed by atoms with Gasteiger partial charge in [-0.2, -0.15) is 0 Å². The van der Waals surface area contributed by atoms with E-state index in [4.69, 9.17) is 10.5 Å². The molecule has 0 aliphatic heterocycles. The first-order valence-electron chi connectivity index (χ1n) is 7.24. The van der Waals surface area contributed by atoms with Crippen LogP contribution in [0.2, 0.25) is 0 Å². The van der Waals surface area contributed by atoms with Crippen LogP contribution in [-0.2, 0) is 9.53 Å². The molecule has 0 aromatic carbocycles. The summed E-state index contributed by atoms with van der Waals surface area (Å²) in [5.41, 5.74) is 5.65. The van der Waals surface area contributed by atoms with Crippen LogP contribution in [0.4, 0.5) is 0 Å². The molecule has 4 nitrogen and oxygen atoms in total. The van der Waals surface area contributed by atoms with Crippen LogP contribution in [0.25, 0.3) is 0 Å². The van der Waals surface area contributed by atoms with Crippen molar-refractivity contribution >= 4 is 5.91 Å². The average Bonchev–Trinajstić information content (AvgIpc) is 2.63. The Morgan fingerprint density at radius 2 is 2.00 bits per heavy atom. The number of rotatable bonds is 7. The third-order valence-electron chi connectivity index (χ3n) is 3.77. The van der Waals surface area contributed by atoms with E-state index in [1.807, 2.05) is 0 Å².